The summed E-state index contributed by atoms with van der Waals surface area (Å²) in [5, 5.41) is 3.69. The van der Waals surface area contributed by atoms with Crippen molar-refractivity contribution in [1.29, 1.82) is 0 Å². The van der Waals surface area contributed by atoms with Crippen LogP contribution in [0.1, 0.15) is 10.5 Å². The number of carbonyl (C=O) groups excluding carboxylic acids is 1. The summed E-state index contributed by atoms with van der Waals surface area (Å²) in [5.74, 6) is -2.87. The standard InChI is InChI=1S/C21H14ClF2N3O3S/c22-19-15-3-1-2-4-18(15)26-20(19)21(28)25-12-5-7-13(8-6-12)27-31(29,30)14-9-10-16(23)17(24)11-14/h1-11,26-27H,(H,25,28). The fraction of sp³-hybridized carbons (Fsp3) is 0. The Morgan fingerprint density at radius 3 is 2.26 bits per heavy atom. The zero-order chi connectivity index (χ0) is 22.2. The number of H-pyrrole nitrogens is 1. The number of aromatic nitrogens is 1. The molecule has 0 unspecified atom stereocenters. The first-order chi connectivity index (χ1) is 14.7. The molecular formula is C21H14ClF2N3O3S. The van der Waals surface area contributed by atoms with Crippen LogP contribution in [0.15, 0.2) is 71.6 Å². The predicted octanol–water partition coefficient (Wildman–Crippen LogP) is 5.15. The molecule has 10 heteroatoms. The zero-order valence-corrected chi connectivity index (χ0v) is 17.2. The Balaban J connectivity index is 1.49. The fourth-order valence-corrected chi connectivity index (χ4v) is 4.31. The Morgan fingerprint density at radius 1 is 0.903 bits per heavy atom. The number of para-hydroxylation sites is 1. The molecule has 0 aliphatic heterocycles. The molecule has 0 bridgehead atoms. The molecule has 1 amide bonds. The van der Waals surface area contributed by atoms with E-state index in [4.69, 9.17) is 11.6 Å². The largest absolute Gasteiger partial charge is 0.349 e. The van der Waals surface area contributed by atoms with E-state index >= 15 is 0 Å². The van der Waals surface area contributed by atoms with Gasteiger partial charge in [-0.05, 0) is 48.5 Å². The maximum absolute atomic E-state index is 13.3. The minimum absolute atomic E-state index is 0.173. The molecule has 3 N–H and O–H groups in total. The lowest BCUT2D eigenvalue weighted by Gasteiger charge is -2.10. The van der Waals surface area contributed by atoms with Gasteiger partial charge in [0.2, 0.25) is 0 Å². The number of fused-ring (bicyclic) bond motifs is 1. The minimum Gasteiger partial charge on any atom is -0.349 e. The maximum Gasteiger partial charge on any atom is 0.273 e. The van der Waals surface area contributed by atoms with Crippen molar-refractivity contribution in [3.63, 3.8) is 0 Å². The molecule has 3 aromatic carbocycles. The monoisotopic (exact) mass is 461 g/mol. The van der Waals surface area contributed by atoms with E-state index in [0.717, 1.165) is 23.0 Å². The van der Waals surface area contributed by atoms with E-state index in [1.807, 2.05) is 12.1 Å². The van der Waals surface area contributed by atoms with Crippen molar-refractivity contribution in [2.75, 3.05) is 10.0 Å². The van der Waals surface area contributed by atoms with Gasteiger partial charge in [0.05, 0.1) is 9.92 Å². The number of halogens is 3. The summed E-state index contributed by atoms with van der Waals surface area (Å²) in [6.45, 7) is 0. The highest BCUT2D eigenvalue weighted by atomic mass is 35.5. The topological polar surface area (TPSA) is 91.1 Å². The van der Waals surface area contributed by atoms with Crippen molar-refractivity contribution in [2.45, 2.75) is 4.90 Å². The van der Waals surface area contributed by atoms with Gasteiger partial charge >= 0.3 is 0 Å². The Morgan fingerprint density at radius 2 is 1.58 bits per heavy atom. The van der Waals surface area contributed by atoms with Crippen molar-refractivity contribution < 1.29 is 22.0 Å². The third-order valence-corrected chi connectivity index (χ3v) is 6.24. The van der Waals surface area contributed by atoms with E-state index < -0.39 is 32.5 Å². The third-order valence-electron chi connectivity index (χ3n) is 4.47. The van der Waals surface area contributed by atoms with Crippen LogP contribution in [0.3, 0.4) is 0 Å². The summed E-state index contributed by atoms with van der Waals surface area (Å²) in [5.41, 5.74) is 1.49. The van der Waals surface area contributed by atoms with Crippen LogP contribution in [-0.4, -0.2) is 19.3 Å². The smallest absolute Gasteiger partial charge is 0.273 e. The number of rotatable bonds is 5. The molecule has 4 rings (SSSR count). The number of amides is 1. The summed E-state index contributed by atoms with van der Waals surface area (Å²) in [6.07, 6.45) is 0. The lowest BCUT2D eigenvalue weighted by molar-refractivity contribution is 0.102. The molecule has 0 fully saturated rings. The van der Waals surface area contributed by atoms with Gasteiger partial charge in [0, 0.05) is 22.3 Å². The van der Waals surface area contributed by atoms with Crippen LogP contribution in [0.5, 0.6) is 0 Å². The highest BCUT2D eigenvalue weighted by Gasteiger charge is 2.18. The molecule has 0 atom stereocenters. The molecule has 0 aliphatic carbocycles. The Labute approximate surface area is 180 Å². The number of hydrogen-bond donors (Lipinski definition) is 3. The van der Waals surface area contributed by atoms with Crippen LogP contribution in [0.2, 0.25) is 5.02 Å². The lowest BCUT2D eigenvalue weighted by atomic mass is 10.2. The number of hydrogen-bond acceptors (Lipinski definition) is 3. The highest BCUT2D eigenvalue weighted by molar-refractivity contribution is 7.92. The van der Waals surface area contributed by atoms with Gasteiger partial charge in [-0.25, -0.2) is 17.2 Å². The summed E-state index contributed by atoms with van der Waals surface area (Å²) >= 11 is 6.28. The van der Waals surface area contributed by atoms with Crippen LogP contribution in [0.25, 0.3) is 10.9 Å². The molecule has 6 nitrogen and oxygen atoms in total. The van der Waals surface area contributed by atoms with E-state index in [9.17, 15) is 22.0 Å². The van der Waals surface area contributed by atoms with Gasteiger partial charge < -0.3 is 10.3 Å². The van der Waals surface area contributed by atoms with Gasteiger partial charge in [0.15, 0.2) is 11.6 Å². The molecule has 31 heavy (non-hydrogen) atoms. The Hall–Kier alpha value is -3.43. The molecule has 1 aromatic heterocycles. The summed E-state index contributed by atoms with van der Waals surface area (Å²) < 4.78 is 53.3. The molecule has 0 aliphatic rings. The zero-order valence-electron chi connectivity index (χ0n) is 15.6. The SMILES string of the molecule is O=C(Nc1ccc(NS(=O)(=O)c2ccc(F)c(F)c2)cc1)c1[nH]c2ccccc2c1Cl. The molecule has 0 radical (unpaired) electrons. The molecular weight excluding hydrogens is 448 g/mol. The van der Waals surface area contributed by atoms with E-state index in [2.05, 4.69) is 15.0 Å². The van der Waals surface area contributed by atoms with Gasteiger partial charge in [0.25, 0.3) is 15.9 Å². The van der Waals surface area contributed by atoms with Gasteiger partial charge in [-0.15, -0.1) is 0 Å². The van der Waals surface area contributed by atoms with Gasteiger partial charge in [-0.3, -0.25) is 9.52 Å². The quantitative estimate of drug-likeness (QED) is 0.383. The summed E-state index contributed by atoms with van der Waals surface area (Å²) in [6, 6.07) is 15.3. The molecule has 0 spiro atoms. The molecule has 4 aromatic rings. The number of anilines is 2. The Bertz CT molecular complexity index is 1400. The van der Waals surface area contributed by atoms with Crippen molar-refractivity contribution in [3.05, 3.63) is 89.1 Å². The highest BCUT2D eigenvalue weighted by Crippen LogP contribution is 2.28. The number of benzene rings is 3. The second-order valence-electron chi connectivity index (χ2n) is 6.57. The van der Waals surface area contributed by atoms with E-state index in [-0.39, 0.29) is 11.4 Å². The predicted molar refractivity (Wildman–Crippen MR) is 115 cm³/mol. The minimum atomic E-state index is -4.12. The molecule has 1 heterocycles. The van der Waals surface area contributed by atoms with Crippen molar-refractivity contribution in [2.24, 2.45) is 0 Å². The third kappa shape index (κ3) is 4.23. The van der Waals surface area contributed by atoms with Crippen LogP contribution in [0.4, 0.5) is 20.2 Å². The molecule has 158 valence electrons. The van der Waals surface area contributed by atoms with Crippen LogP contribution >= 0.6 is 11.6 Å². The molecule has 0 saturated carbocycles. The first-order valence-electron chi connectivity index (χ1n) is 8.90. The lowest BCUT2D eigenvalue weighted by Crippen LogP contribution is -2.14. The average Bonchev–Trinajstić information content (AvgIpc) is 3.08. The van der Waals surface area contributed by atoms with Crippen molar-refractivity contribution in [1.82, 2.24) is 4.98 Å². The maximum atomic E-state index is 13.3. The Kier molecular flexibility index (Phi) is 5.38. The van der Waals surface area contributed by atoms with Crippen molar-refractivity contribution >= 4 is 49.8 Å². The van der Waals surface area contributed by atoms with E-state index in [1.165, 1.54) is 24.3 Å². The number of sulfonamides is 1. The number of nitrogens with one attached hydrogen (secondary N) is 3. The van der Waals surface area contributed by atoms with Gasteiger partial charge in [-0.2, -0.15) is 0 Å². The van der Waals surface area contributed by atoms with E-state index in [1.54, 1.807) is 12.1 Å². The second kappa shape index (κ2) is 8.01. The average molecular weight is 462 g/mol. The second-order valence-corrected chi connectivity index (χ2v) is 8.63. The summed E-state index contributed by atoms with van der Waals surface area (Å²) in [4.78, 5) is 15.1. The van der Waals surface area contributed by atoms with Crippen LogP contribution < -0.4 is 10.0 Å². The van der Waals surface area contributed by atoms with Crippen LogP contribution in [-0.2, 0) is 10.0 Å². The van der Waals surface area contributed by atoms with Crippen LogP contribution in [0, 0.1) is 11.6 Å². The number of carbonyl (C=O) groups is 1. The fourth-order valence-electron chi connectivity index (χ4n) is 2.94. The normalized spacial score (nSPS) is 11.5. The van der Waals surface area contributed by atoms with Crippen molar-refractivity contribution in [3.8, 4) is 0 Å². The first-order valence-corrected chi connectivity index (χ1v) is 10.8. The van der Waals surface area contributed by atoms with Gasteiger partial charge in [0.1, 0.15) is 5.69 Å². The molecule has 0 saturated heterocycles. The number of aromatic amines is 1. The van der Waals surface area contributed by atoms with E-state index in [0.29, 0.717) is 16.8 Å². The first kappa shape index (κ1) is 20.8. The van der Waals surface area contributed by atoms with Gasteiger partial charge in [-0.1, -0.05) is 29.8 Å². The summed E-state index contributed by atoms with van der Waals surface area (Å²) in [7, 11) is -4.12.